The second-order valence-electron chi connectivity index (χ2n) is 6.65. The summed E-state index contributed by atoms with van der Waals surface area (Å²) in [5, 5.41) is 11.6. The third kappa shape index (κ3) is 5.08. The summed E-state index contributed by atoms with van der Waals surface area (Å²) in [7, 11) is 0. The molecule has 10 heteroatoms. The summed E-state index contributed by atoms with van der Waals surface area (Å²) in [6.45, 7) is 1.43. The first-order valence-electron chi connectivity index (χ1n) is 8.98. The second-order valence-corrected chi connectivity index (χ2v) is 6.65. The van der Waals surface area contributed by atoms with E-state index < -0.39 is 41.9 Å². The molecule has 0 unspecified atom stereocenters. The van der Waals surface area contributed by atoms with E-state index in [0.717, 1.165) is 24.3 Å². The molecule has 0 fully saturated rings. The lowest BCUT2D eigenvalue weighted by atomic mass is 10.0. The number of carboxylic acids is 1. The third-order valence-corrected chi connectivity index (χ3v) is 4.44. The molecule has 162 valence electrons. The van der Waals surface area contributed by atoms with Crippen LogP contribution in [-0.2, 0) is 11.0 Å². The first kappa shape index (κ1) is 22.0. The summed E-state index contributed by atoms with van der Waals surface area (Å²) in [6.07, 6.45) is -5.13. The van der Waals surface area contributed by atoms with Crippen molar-refractivity contribution in [2.75, 3.05) is 0 Å². The Morgan fingerprint density at radius 2 is 1.77 bits per heavy atom. The van der Waals surface area contributed by atoms with Gasteiger partial charge in [-0.25, -0.2) is 9.37 Å². The maximum atomic E-state index is 14.0. The molecule has 1 heterocycles. The number of halogens is 4. The molecule has 2 aromatic carbocycles. The predicted molar refractivity (Wildman–Crippen MR) is 101 cm³/mol. The monoisotopic (exact) mass is 436 g/mol. The van der Waals surface area contributed by atoms with Gasteiger partial charge in [0.15, 0.2) is 5.69 Å². The van der Waals surface area contributed by atoms with Crippen molar-refractivity contribution < 1.29 is 36.7 Å². The molecule has 31 heavy (non-hydrogen) atoms. The number of carbonyl (C=O) groups is 2. The van der Waals surface area contributed by atoms with E-state index in [9.17, 15) is 27.2 Å². The van der Waals surface area contributed by atoms with E-state index in [4.69, 9.17) is 9.52 Å². The SMILES string of the molecule is Cc1oc(-c2ccccc2F)nc1C(=O)N[C@@H](CC(=O)O)c1ccc(C(F)(F)F)cc1. The summed E-state index contributed by atoms with van der Waals surface area (Å²) < 4.78 is 57.6. The third-order valence-electron chi connectivity index (χ3n) is 4.44. The van der Waals surface area contributed by atoms with Gasteiger partial charge in [-0.1, -0.05) is 24.3 Å². The van der Waals surface area contributed by atoms with Gasteiger partial charge in [0, 0.05) is 0 Å². The molecule has 0 aliphatic rings. The molecular weight excluding hydrogens is 420 g/mol. The molecule has 0 saturated carbocycles. The van der Waals surface area contributed by atoms with Crippen molar-refractivity contribution in [3.8, 4) is 11.5 Å². The van der Waals surface area contributed by atoms with Gasteiger partial charge in [-0.3, -0.25) is 9.59 Å². The summed E-state index contributed by atoms with van der Waals surface area (Å²) in [5.74, 6) is -2.75. The van der Waals surface area contributed by atoms with E-state index in [0.29, 0.717) is 0 Å². The van der Waals surface area contributed by atoms with Crippen molar-refractivity contribution in [2.45, 2.75) is 25.6 Å². The molecule has 2 N–H and O–H groups in total. The number of hydrogen-bond donors (Lipinski definition) is 2. The van der Waals surface area contributed by atoms with Gasteiger partial charge in [-0.15, -0.1) is 0 Å². The van der Waals surface area contributed by atoms with Gasteiger partial charge < -0.3 is 14.8 Å². The summed E-state index contributed by atoms with van der Waals surface area (Å²) >= 11 is 0. The number of rotatable bonds is 6. The summed E-state index contributed by atoms with van der Waals surface area (Å²) in [5.41, 5.74) is -0.896. The number of carbonyl (C=O) groups excluding carboxylic acids is 1. The van der Waals surface area contributed by atoms with Gasteiger partial charge in [0.1, 0.15) is 11.6 Å². The Hall–Kier alpha value is -3.69. The van der Waals surface area contributed by atoms with E-state index in [-0.39, 0.29) is 28.5 Å². The fraction of sp³-hybridized carbons (Fsp3) is 0.190. The molecule has 6 nitrogen and oxygen atoms in total. The van der Waals surface area contributed by atoms with Crippen LogP contribution in [0.3, 0.4) is 0 Å². The lowest BCUT2D eigenvalue weighted by Gasteiger charge is -2.18. The van der Waals surface area contributed by atoms with Crippen molar-refractivity contribution in [1.29, 1.82) is 0 Å². The highest BCUT2D eigenvalue weighted by atomic mass is 19.4. The Kier molecular flexibility index (Phi) is 6.09. The number of aromatic nitrogens is 1. The number of aliphatic carboxylic acids is 1. The van der Waals surface area contributed by atoms with Crippen LogP contribution in [0.15, 0.2) is 52.9 Å². The highest BCUT2D eigenvalue weighted by Gasteiger charge is 2.31. The van der Waals surface area contributed by atoms with E-state index in [1.54, 1.807) is 6.07 Å². The Labute approximate surface area is 173 Å². The minimum atomic E-state index is -4.55. The number of nitrogens with zero attached hydrogens (tertiary/aromatic N) is 1. The highest BCUT2D eigenvalue weighted by molar-refractivity contribution is 5.94. The van der Waals surface area contributed by atoms with E-state index >= 15 is 0 Å². The van der Waals surface area contributed by atoms with Gasteiger partial charge >= 0.3 is 12.1 Å². The van der Waals surface area contributed by atoms with E-state index in [1.807, 2.05) is 0 Å². The molecular formula is C21H16F4N2O4. The lowest BCUT2D eigenvalue weighted by molar-refractivity contribution is -0.138. The first-order chi connectivity index (χ1) is 14.6. The maximum absolute atomic E-state index is 14.0. The molecule has 0 bridgehead atoms. The van der Waals surface area contributed by atoms with Gasteiger partial charge in [0.25, 0.3) is 5.91 Å². The second kappa shape index (κ2) is 8.58. The topological polar surface area (TPSA) is 92.4 Å². The van der Waals surface area contributed by atoms with E-state index in [1.165, 1.54) is 25.1 Å². The Morgan fingerprint density at radius 1 is 1.13 bits per heavy atom. The molecule has 0 aliphatic heterocycles. The largest absolute Gasteiger partial charge is 0.481 e. The van der Waals surface area contributed by atoms with Crippen LogP contribution in [0.4, 0.5) is 17.6 Å². The zero-order valence-corrected chi connectivity index (χ0v) is 16.0. The number of oxazole rings is 1. The molecule has 0 radical (unpaired) electrons. The van der Waals surface area contributed by atoms with Crippen LogP contribution in [0.2, 0.25) is 0 Å². The van der Waals surface area contributed by atoms with Crippen LogP contribution >= 0.6 is 0 Å². The number of nitrogens with one attached hydrogen (secondary N) is 1. The number of benzene rings is 2. The van der Waals surface area contributed by atoms with Gasteiger partial charge in [-0.2, -0.15) is 13.2 Å². The molecule has 0 saturated heterocycles. The quantitative estimate of drug-likeness (QED) is 0.544. The Balaban J connectivity index is 1.86. The van der Waals surface area contributed by atoms with Crippen molar-refractivity contribution in [1.82, 2.24) is 10.3 Å². The number of carboxylic acid groups (broad SMARTS) is 1. The maximum Gasteiger partial charge on any atom is 0.416 e. The standard InChI is InChI=1S/C21H16F4N2O4/c1-11-18(27-20(31-11)14-4-2-3-5-15(14)22)19(30)26-16(10-17(28)29)12-6-8-13(9-7-12)21(23,24)25/h2-9,16H,10H2,1H3,(H,26,30)(H,28,29)/t16-/m0/s1. The molecule has 1 atom stereocenters. The molecule has 0 spiro atoms. The predicted octanol–water partition coefficient (Wildman–Crippen LogP) is 4.75. The number of aryl methyl sites for hydroxylation is 1. The van der Waals surface area contributed by atoms with Crippen molar-refractivity contribution in [3.05, 3.63) is 76.9 Å². The zero-order valence-electron chi connectivity index (χ0n) is 16.0. The molecule has 1 aromatic heterocycles. The van der Waals surface area contributed by atoms with E-state index in [2.05, 4.69) is 10.3 Å². The minimum absolute atomic E-state index is 0.0366. The lowest BCUT2D eigenvalue weighted by Crippen LogP contribution is -2.31. The first-order valence-corrected chi connectivity index (χ1v) is 8.98. The van der Waals surface area contributed by atoms with Crippen molar-refractivity contribution in [2.24, 2.45) is 0 Å². The highest BCUT2D eigenvalue weighted by Crippen LogP contribution is 2.30. The smallest absolute Gasteiger partial charge is 0.416 e. The summed E-state index contributed by atoms with van der Waals surface area (Å²) in [4.78, 5) is 27.9. The van der Waals surface area contributed by atoms with Crippen molar-refractivity contribution >= 4 is 11.9 Å². The molecule has 1 amide bonds. The fourth-order valence-corrected chi connectivity index (χ4v) is 2.91. The number of alkyl halides is 3. The average Bonchev–Trinajstić information content (AvgIpc) is 3.08. The van der Waals surface area contributed by atoms with Crippen LogP contribution in [0.25, 0.3) is 11.5 Å². The average molecular weight is 436 g/mol. The van der Waals surface area contributed by atoms with Crippen LogP contribution in [-0.4, -0.2) is 22.0 Å². The Bertz CT molecular complexity index is 1110. The van der Waals surface area contributed by atoms with Gasteiger partial charge in [0.05, 0.1) is 23.6 Å². The molecule has 3 aromatic rings. The Morgan fingerprint density at radius 3 is 2.35 bits per heavy atom. The number of amides is 1. The van der Waals surface area contributed by atoms with Crippen molar-refractivity contribution in [3.63, 3.8) is 0 Å². The van der Waals surface area contributed by atoms with Crippen LogP contribution in [0.5, 0.6) is 0 Å². The van der Waals surface area contributed by atoms with Gasteiger partial charge in [0.2, 0.25) is 5.89 Å². The van der Waals surface area contributed by atoms with Crippen LogP contribution in [0.1, 0.15) is 39.8 Å². The summed E-state index contributed by atoms with van der Waals surface area (Å²) in [6, 6.07) is 8.31. The fourth-order valence-electron chi connectivity index (χ4n) is 2.91. The molecule has 3 rings (SSSR count). The molecule has 0 aliphatic carbocycles. The van der Waals surface area contributed by atoms with Gasteiger partial charge in [-0.05, 0) is 36.8 Å². The minimum Gasteiger partial charge on any atom is -0.481 e. The normalized spacial score (nSPS) is 12.4. The van der Waals surface area contributed by atoms with Crippen LogP contribution < -0.4 is 5.32 Å². The zero-order chi connectivity index (χ0) is 22.8. The number of hydrogen-bond acceptors (Lipinski definition) is 4. The van der Waals surface area contributed by atoms with Crippen LogP contribution in [0, 0.1) is 12.7 Å².